The molecule has 8 heteroatoms. The van der Waals surface area contributed by atoms with Gasteiger partial charge >= 0.3 is 0 Å². The van der Waals surface area contributed by atoms with Crippen LogP contribution in [-0.2, 0) is 9.53 Å². The van der Waals surface area contributed by atoms with E-state index >= 15 is 0 Å². The lowest BCUT2D eigenvalue weighted by atomic mass is 10.2. The number of carbonyl (C=O) groups excluding carboxylic acids is 1. The normalized spacial score (nSPS) is 16.7. The summed E-state index contributed by atoms with van der Waals surface area (Å²) >= 11 is 0. The lowest BCUT2D eigenvalue weighted by Crippen LogP contribution is -2.43. The average Bonchev–Trinajstić information content (AvgIpc) is 2.51. The summed E-state index contributed by atoms with van der Waals surface area (Å²) in [5, 5.41) is 6.14. The van der Waals surface area contributed by atoms with Crippen LogP contribution in [0, 0.1) is 0 Å². The summed E-state index contributed by atoms with van der Waals surface area (Å²) in [6, 6.07) is 3.93. The molecule has 0 aliphatic carbocycles. The van der Waals surface area contributed by atoms with Crippen LogP contribution in [-0.4, -0.2) is 49.8 Å². The molecule has 0 saturated carbocycles. The molecule has 1 atom stereocenters. The number of hydrogen-bond acceptors (Lipinski definition) is 5. The Kier molecular flexibility index (Phi) is 10.9. The number of pyridine rings is 1. The van der Waals surface area contributed by atoms with Crippen molar-refractivity contribution in [2.24, 2.45) is 0 Å². The van der Waals surface area contributed by atoms with Gasteiger partial charge in [0.25, 0.3) is 0 Å². The monoisotopic (exact) mass is 364 g/mol. The van der Waals surface area contributed by atoms with E-state index in [1.165, 1.54) is 0 Å². The Labute approximate surface area is 150 Å². The maximum Gasteiger partial charge on any atom is 0.226 e. The number of nitrogens with one attached hydrogen (secondary N) is 2. The Morgan fingerprint density at radius 3 is 2.65 bits per heavy atom. The largest absolute Gasteiger partial charge is 0.378 e. The van der Waals surface area contributed by atoms with E-state index in [-0.39, 0.29) is 36.8 Å². The molecule has 1 aromatic rings. The number of amides is 1. The van der Waals surface area contributed by atoms with E-state index in [0.717, 1.165) is 37.7 Å². The first-order valence-electron chi connectivity index (χ1n) is 7.55. The summed E-state index contributed by atoms with van der Waals surface area (Å²) in [6.45, 7) is 8.14. The maximum atomic E-state index is 12.0. The van der Waals surface area contributed by atoms with Crippen molar-refractivity contribution in [3.63, 3.8) is 0 Å². The summed E-state index contributed by atoms with van der Waals surface area (Å²) in [4.78, 5) is 18.5. The van der Waals surface area contributed by atoms with E-state index in [9.17, 15) is 4.79 Å². The Balaban J connectivity index is 0.00000242. The quantitative estimate of drug-likeness (QED) is 0.808. The summed E-state index contributed by atoms with van der Waals surface area (Å²) in [5.41, 5.74) is 0.729. The lowest BCUT2D eigenvalue weighted by Gasteiger charge is -2.23. The number of nitrogens with zero attached hydrogens (tertiary/aromatic N) is 2. The van der Waals surface area contributed by atoms with Crippen molar-refractivity contribution < 1.29 is 9.53 Å². The first kappa shape index (κ1) is 21.9. The third-order valence-corrected chi connectivity index (χ3v) is 3.55. The summed E-state index contributed by atoms with van der Waals surface area (Å²) in [6.07, 6.45) is 2.12. The van der Waals surface area contributed by atoms with Crippen molar-refractivity contribution in [2.75, 3.05) is 43.1 Å². The van der Waals surface area contributed by atoms with E-state index in [4.69, 9.17) is 4.74 Å². The number of ether oxygens (including phenoxy) is 1. The van der Waals surface area contributed by atoms with Gasteiger partial charge in [0.1, 0.15) is 5.82 Å². The molecule has 0 radical (unpaired) electrons. The SMILES string of the molecule is CCN(CC)c1ccc(NC(=O)CC2COCCN2)cn1.Cl.Cl. The molecule has 0 aromatic carbocycles. The van der Waals surface area contributed by atoms with Crippen LogP contribution in [0.3, 0.4) is 0 Å². The number of halogens is 2. The number of hydrogen-bond donors (Lipinski definition) is 2. The first-order chi connectivity index (χ1) is 10.2. The Hall–Kier alpha value is -1.08. The molecule has 2 heterocycles. The molecule has 1 fully saturated rings. The number of aromatic nitrogens is 1. The fourth-order valence-corrected chi connectivity index (χ4v) is 2.38. The second-order valence-corrected chi connectivity index (χ2v) is 5.06. The molecule has 1 unspecified atom stereocenters. The van der Waals surface area contributed by atoms with Gasteiger partial charge in [-0.1, -0.05) is 0 Å². The van der Waals surface area contributed by atoms with Crippen LogP contribution in [0.5, 0.6) is 0 Å². The minimum atomic E-state index is -0.0182. The zero-order valence-electron chi connectivity index (χ0n) is 13.6. The van der Waals surface area contributed by atoms with Crippen LogP contribution in [0.2, 0.25) is 0 Å². The number of carbonyl (C=O) groups is 1. The number of rotatable bonds is 6. The van der Waals surface area contributed by atoms with Crippen LogP contribution < -0.4 is 15.5 Å². The molecule has 6 nitrogen and oxygen atoms in total. The Morgan fingerprint density at radius 1 is 1.39 bits per heavy atom. The molecular weight excluding hydrogens is 339 g/mol. The third-order valence-electron chi connectivity index (χ3n) is 3.55. The van der Waals surface area contributed by atoms with Crippen molar-refractivity contribution in [3.05, 3.63) is 18.3 Å². The fraction of sp³-hybridized carbons (Fsp3) is 0.600. The zero-order chi connectivity index (χ0) is 15.1. The minimum Gasteiger partial charge on any atom is -0.378 e. The van der Waals surface area contributed by atoms with E-state index in [1.54, 1.807) is 6.20 Å². The molecule has 132 valence electrons. The van der Waals surface area contributed by atoms with Crippen LogP contribution in [0.15, 0.2) is 18.3 Å². The van der Waals surface area contributed by atoms with Crippen molar-refractivity contribution in [1.82, 2.24) is 10.3 Å². The van der Waals surface area contributed by atoms with Gasteiger partial charge in [0.15, 0.2) is 0 Å². The van der Waals surface area contributed by atoms with E-state index in [0.29, 0.717) is 13.0 Å². The van der Waals surface area contributed by atoms with Crippen molar-refractivity contribution in [2.45, 2.75) is 26.3 Å². The molecule has 0 spiro atoms. The number of anilines is 2. The second kappa shape index (κ2) is 11.5. The van der Waals surface area contributed by atoms with Gasteiger partial charge in [-0.15, -0.1) is 24.8 Å². The van der Waals surface area contributed by atoms with E-state index in [1.807, 2.05) is 12.1 Å². The molecule has 23 heavy (non-hydrogen) atoms. The highest BCUT2D eigenvalue weighted by molar-refractivity contribution is 5.91. The topological polar surface area (TPSA) is 66.5 Å². The standard InChI is InChI=1S/C15H24N4O2.2ClH/c1-3-19(4-2)14-6-5-12(10-17-14)18-15(20)9-13-11-21-8-7-16-13;;/h5-6,10,13,16H,3-4,7-9,11H2,1-2H3,(H,18,20);2*1H. The van der Waals surface area contributed by atoms with Crippen LogP contribution in [0.1, 0.15) is 20.3 Å². The molecule has 1 aliphatic rings. The van der Waals surface area contributed by atoms with Gasteiger partial charge < -0.3 is 20.3 Å². The van der Waals surface area contributed by atoms with Crippen molar-refractivity contribution in [1.29, 1.82) is 0 Å². The minimum absolute atomic E-state index is 0. The Morgan fingerprint density at radius 2 is 2.13 bits per heavy atom. The van der Waals surface area contributed by atoms with Crippen LogP contribution in [0.4, 0.5) is 11.5 Å². The zero-order valence-corrected chi connectivity index (χ0v) is 15.2. The molecule has 2 N–H and O–H groups in total. The van der Waals surface area contributed by atoms with Crippen molar-refractivity contribution >= 4 is 42.2 Å². The fourth-order valence-electron chi connectivity index (χ4n) is 2.38. The molecular formula is C15H26Cl2N4O2. The summed E-state index contributed by atoms with van der Waals surface area (Å²) in [7, 11) is 0. The smallest absolute Gasteiger partial charge is 0.226 e. The maximum absolute atomic E-state index is 12.0. The summed E-state index contributed by atoms with van der Waals surface area (Å²) < 4.78 is 5.34. The van der Waals surface area contributed by atoms with Crippen LogP contribution in [0.25, 0.3) is 0 Å². The predicted octanol–water partition coefficient (Wildman–Crippen LogP) is 2.09. The highest BCUT2D eigenvalue weighted by Crippen LogP contribution is 2.14. The Bertz CT molecular complexity index is 449. The molecule has 1 amide bonds. The van der Waals surface area contributed by atoms with Gasteiger partial charge in [-0.3, -0.25) is 4.79 Å². The molecule has 0 bridgehead atoms. The third kappa shape index (κ3) is 6.91. The molecule has 1 aliphatic heterocycles. The van der Waals surface area contributed by atoms with Gasteiger partial charge in [0.05, 0.1) is 25.1 Å². The van der Waals surface area contributed by atoms with E-state index in [2.05, 4.69) is 34.4 Å². The van der Waals surface area contributed by atoms with Gasteiger partial charge in [0.2, 0.25) is 5.91 Å². The molecule has 1 aromatic heterocycles. The lowest BCUT2D eigenvalue weighted by molar-refractivity contribution is -0.117. The molecule has 1 saturated heterocycles. The van der Waals surface area contributed by atoms with Crippen LogP contribution >= 0.6 is 24.8 Å². The highest BCUT2D eigenvalue weighted by atomic mass is 35.5. The van der Waals surface area contributed by atoms with E-state index < -0.39 is 0 Å². The van der Waals surface area contributed by atoms with Crippen molar-refractivity contribution in [3.8, 4) is 0 Å². The summed E-state index contributed by atoms with van der Waals surface area (Å²) in [5.74, 6) is 0.913. The second-order valence-electron chi connectivity index (χ2n) is 5.06. The average molecular weight is 365 g/mol. The van der Waals surface area contributed by atoms with Gasteiger partial charge in [0, 0.05) is 32.1 Å². The van der Waals surface area contributed by atoms with Gasteiger partial charge in [-0.2, -0.15) is 0 Å². The predicted molar refractivity (Wildman–Crippen MR) is 98.2 cm³/mol. The molecule has 2 rings (SSSR count). The van der Waals surface area contributed by atoms with Gasteiger partial charge in [-0.25, -0.2) is 4.98 Å². The highest BCUT2D eigenvalue weighted by Gasteiger charge is 2.17. The van der Waals surface area contributed by atoms with Gasteiger partial charge in [-0.05, 0) is 26.0 Å². The first-order valence-corrected chi connectivity index (χ1v) is 7.55. The number of morpholine rings is 1.